The molecule has 0 saturated carbocycles. The highest BCUT2D eigenvalue weighted by atomic mass is 15.4. The summed E-state index contributed by atoms with van der Waals surface area (Å²) in [5.41, 5.74) is 2.79. The van der Waals surface area contributed by atoms with E-state index in [-0.39, 0.29) is 14.9 Å². The summed E-state index contributed by atoms with van der Waals surface area (Å²) in [6.45, 7) is 60.6. The molecule has 11 aliphatic rings. The molecule has 0 radical (unpaired) electrons. The van der Waals surface area contributed by atoms with E-state index in [0.29, 0.717) is 38.5 Å². The van der Waals surface area contributed by atoms with E-state index in [9.17, 15) is 0 Å². The highest BCUT2D eigenvalue weighted by Gasteiger charge is 2.50. The van der Waals surface area contributed by atoms with Crippen molar-refractivity contribution in [1.82, 2.24) is 49.0 Å². The van der Waals surface area contributed by atoms with E-state index in [4.69, 9.17) is 0 Å². The van der Waals surface area contributed by atoms with Gasteiger partial charge >= 0.3 is 0 Å². The summed E-state index contributed by atoms with van der Waals surface area (Å²) in [6.07, 6.45) is 9.78. The molecule has 0 aliphatic carbocycles. The van der Waals surface area contributed by atoms with Crippen molar-refractivity contribution in [1.29, 1.82) is 0 Å². The second-order valence-electron chi connectivity index (χ2n) is 29.5. The van der Waals surface area contributed by atoms with Gasteiger partial charge in [-0.3, -0.25) is 29.4 Å². The van der Waals surface area contributed by atoms with E-state index in [0.717, 1.165) is 36.3 Å². The number of piperidine rings is 3. The quantitative estimate of drug-likeness (QED) is 0.235. The van der Waals surface area contributed by atoms with Crippen LogP contribution in [-0.2, 0) is 0 Å². The molecule has 0 aromatic rings. The zero-order valence-corrected chi connectivity index (χ0v) is 47.7. The van der Waals surface area contributed by atoms with Crippen LogP contribution in [-0.4, -0.2) is 239 Å². The van der Waals surface area contributed by atoms with E-state index in [2.05, 4.69) is 188 Å². The maximum atomic E-state index is 2.71. The number of likely N-dealkylation sites (N-methyl/N-ethyl adjacent to an activating group) is 2. The van der Waals surface area contributed by atoms with Crippen LogP contribution in [0.15, 0.2) is 0 Å². The molecule has 11 aliphatic heterocycles. The van der Waals surface area contributed by atoms with Crippen LogP contribution in [0, 0.1) is 10.8 Å². The van der Waals surface area contributed by atoms with Crippen molar-refractivity contribution >= 4 is 0 Å². The predicted molar refractivity (Wildman–Crippen MR) is 298 cm³/mol. The fraction of sp³-hybridized carbons (Fsp3) is 1.00. The molecule has 10 nitrogen and oxygen atoms in total. The summed E-state index contributed by atoms with van der Waals surface area (Å²) >= 11 is 0. The van der Waals surface area contributed by atoms with Gasteiger partial charge in [-0.2, -0.15) is 0 Å². The Labute approximate surface area is 425 Å². The van der Waals surface area contributed by atoms with E-state index in [1.807, 2.05) is 0 Å². The molecular formula is C58H120N10. The van der Waals surface area contributed by atoms with Crippen LogP contribution in [0.2, 0.25) is 0 Å². The first-order chi connectivity index (χ1) is 30.2. The van der Waals surface area contributed by atoms with Crippen LogP contribution < -0.4 is 0 Å². The third kappa shape index (κ3) is 15.3. The van der Waals surface area contributed by atoms with E-state index in [1.165, 1.54) is 150 Å². The Balaban J connectivity index is 0.000000185. The fourth-order valence-electron chi connectivity index (χ4n) is 14.9. The summed E-state index contributed by atoms with van der Waals surface area (Å²) in [5.74, 6) is 0. The van der Waals surface area contributed by atoms with Gasteiger partial charge in [-0.1, -0.05) is 28.7 Å². The molecule has 10 bridgehead atoms. The van der Waals surface area contributed by atoms with E-state index < -0.39 is 0 Å². The summed E-state index contributed by atoms with van der Waals surface area (Å²) < 4.78 is 0. The third-order valence-corrected chi connectivity index (χ3v) is 18.1. The summed E-state index contributed by atoms with van der Waals surface area (Å²) in [5, 5.41) is 0. The van der Waals surface area contributed by atoms with Crippen LogP contribution in [0.5, 0.6) is 0 Å². The molecule has 11 saturated heterocycles. The standard InChI is InChI=1S/C14H28N2.2C11H22N2.2C10H20N2.2CH4/c1-12(2,3)16-10-13(4)7-14(5,11-16)9-15(6)8-13;1-11(2,3)13-7-9-5-6-10(8-13)12(9)4;1-11(2,3)13-9-8-12-6-4-10(13)5-7-12;1-10(2,3)12-7-8-5-9(12)6-11(8)4;1-10(2,3)12-7-6-11-5-4-9(12)8-11;;/h7-11H2,1-6H3;9-10H,5-8H2,1-4H3;10H,4-9H2,1-3H3;8-9H,5-7H2,1-4H3;9H,4-8H2,1-3H3;2*1H4. The number of hydrogen-bond donors (Lipinski definition) is 0. The molecule has 8 atom stereocenters. The van der Waals surface area contributed by atoms with Gasteiger partial charge in [0.25, 0.3) is 0 Å². The Kier molecular flexibility index (Phi) is 20.0. The van der Waals surface area contributed by atoms with Crippen LogP contribution in [0.3, 0.4) is 0 Å². The molecular weight excluding hydrogens is 837 g/mol. The maximum absolute atomic E-state index is 2.71. The first-order valence-electron chi connectivity index (χ1n) is 27.6. The highest BCUT2D eigenvalue weighted by molar-refractivity contribution is 5.04. The first-order valence-corrected chi connectivity index (χ1v) is 27.6. The molecule has 11 heterocycles. The van der Waals surface area contributed by atoms with Gasteiger partial charge in [-0.05, 0) is 200 Å². The lowest BCUT2D eigenvalue weighted by Crippen LogP contribution is -2.64. The average Bonchev–Trinajstić information content (AvgIpc) is 3.80. The number of nitrogens with zero attached hydrogens (tertiary/aromatic N) is 10. The normalized spacial score (nSPS) is 37.2. The molecule has 8 unspecified atom stereocenters. The minimum absolute atomic E-state index is 0. The first kappa shape index (κ1) is 60.2. The van der Waals surface area contributed by atoms with Crippen molar-refractivity contribution < 1.29 is 0 Å². The zero-order valence-electron chi connectivity index (χ0n) is 47.7. The van der Waals surface area contributed by atoms with Gasteiger partial charge in [-0.15, -0.1) is 0 Å². The van der Waals surface area contributed by atoms with Crippen LogP contribution in [0.1, 0.15) is 178 Å². The van der Waals surface area contributed by atoms with Gasteiger partial charge in [0.2, 0.25) is 0 Å². The lowest BCUT2D eigenvalue weighted by molar-refractivity contribution is -0.0930. The van der Waals surface area contributed by atoms with E-state index in [1.54, 1.807) is 0 Å². The molecule has 402 valence electrons. The Hall–Kier alpha value is -0.400. The number of piperazine rings is 3. The Morgan fingerprint density at radius 1 is 0.368 bits per heavy atom. The molecule has 11 rings (SSSR count). The number of rotatable bonds is 0. The van der Waals surface area contributed by atoms with Crippen LogP contribution >= 0.6 is 0 Å². The van der Waals surface area contributed by atoms with Crippen molar-refractivity contribution in [3.8, 4) is 0 Å². The van der Waals surface area contributed by atoms with Gasteiger partial charge in [0.15, 0.2) is 0 Å². The highest BCUT2D eigenvalue weighted by Crippen LogP contribution is 2.46. The molecule has 0 aromatic carbocycles. The number of fused-ring (bicyclic) bond motifs is 12. The Bertz CT molecular complexity index is 1490. The van der Waals surface area contributed by atoms with Gasteiger partial charge < -0.3 is 19.6 Å². The summed E-state index contributed by atoms with van der Waals surface area (Å²) in [7, 11) is 6.83. The monoisotopic (exact) mass is 957 g/mol. The lowest BCUT2D eigenvalue weighted by atomic mass is 9.65. The minimum Gasteiger partial charge on any atom is -0.305 e. The van der Waals surface area contributed by atoms with Crippen LogP contribution in [0.25, 0.3) is 0 Å². The third-order valence-electron chi connectivity index (χ3n) is 18.1. The van der Waals surface area contributed by atoms with Crippen LogP contribution in [0.4, 0.5) is 0 Å². The minimum atomic E-state index is 0. The molecule has 11 fully saturated rings. The molecule has 10 heteroatoms. The van der Waals surface area contributed by atoms with Crippen molar-refractivity contribution in [2.45, 2.75) is 241 Å². The topological polar surface area (TPSA) is 32.4 Å². The van der Waals surface area contributed by atoms with Crippen molar-refractivity contribution in [2.75, 3.05) is 126 Å². The lowest BCUT2D eigenvalue weighted by Gasteiger charge is -2.59. The molecule has 0 aromatic heterocycles. The molecule has 0 spiro atoms. The van der Waals surface area contributed by atoms with E-state index >= 15 is 0 Å². The summed E-state index contributed by atoms with van der Waals surface area (Å²) in [4.78, 5) is 26.2. The van der Waals surface area contributed by atoms with Crippen molar-refractivity contribution in [3.63, 3.8) is 0 Å². The summed E-state index contributed by atoms with van der Waals surface area (Å²) in [6, 6.07) is 5.04. The van der Waals surface area contributed by atoms with Gasteiger partial charge in [-0.25, -0.2) is 0 Å². The average molecular weight is 958 g/mol. The van der Waals surface area contributed by atoms with Gasteiger partial charge in [0.05, 0.1) is 0 Å². The Morgan fingerprint density at radius 3 is 1.24 bits per heavy atom. The van der Waals surface area contributed by atoms with Gasteiger partial charge in [0.1, 0.15) is 0 Å². The fourth-order valence-corrected chi connectivity index (χ4v) is 14.9. The second kappa shape index (κ2) is 22.6. The Morgan fingerprint density at radius 2 is 0.809 bits per heavy atom. The second-order valence-corrected chi connectivity index (χ2v) is 29.5. The predicted octanol–water partition coefficient (Wildman–Crippen LogP) is 9.20. The van der Waals surface area contributed by atoms with Gasteiger partial charge in [0, 0.05) is 149 Å². The zero-order chi connectivity index (χ0) is 49.0. The van der Waals surface area contributed by atoms with Crippen molar-refractivity contribution in [3.05, 3.63) is 0 Å². The SMILES string of the molecule is C.C.CC(C)(C)N1CCN2CCC1C2.CC(C)(C)N1CCN2CCC1CC2.CN1C2CCC1CN(C(C)(C)C)C2.CN1CC2(C)CN(C(C)(C)C)CC(C)(C1)C2.CN1CC2CC1CN2C(C)(C)C. The smallest absolute Gasteiger partial charge is 0.0244 e. The number of hydrogen-bond acceptors (Lipinski definition) is 10. The molecule has 0 amide bonds. The maximum Gasteiger partial charge on any atom is 0.0244 e. The molecule has 0 N–H and O–H groups in total. The van der Waals surface area contributed by atoms with Crippen molar-refractivity contribution in [2.24, 2.45) is 10.8 Å². The largest absolute Gasteiger partial charge is 0.305 e. The number of likely N-dealkylation sites (tertiary alicyclic amines) is 5. The molecule has 68 heavy (non-hydrogen) atoms.